The first-order valence-corrected chi connectivity index (χ1v) is 7.37. The standard InChI is InChI=1S/C17H27NO/c1-12-5-6-16(19-4)15(10-12)11-17(18)8-7-13(2)9-14(17)3/h5-6,10,13-14H,7-9,11,18H2,1-4H3. The first-order chi connectivity index (χ1) is 8.94. The van der Waals surface area contributed by atoms with Crippen LogP contribution in [0.1, 0.15) is 44.2 Å². The van der Waals surface area contributed by atoms with E-state index >= 15 is 0 Å². The van der Waals surface area contributed by atoms with Crippen molar-refractivity contribution >= 4 is 0 Å². The SMILES string of the molecule is COc1ccc(C)cc1CC1(N)CCC(C)CC1C. The highest BCUT2D eigenvalue weighted by Gasteiger charge is 2.37. The smallest absolute Gasteiger partial charge is 0.122 e. The van der Waals surface area contributed by atoms with E-state index in [1.807, 2.05) is 0 Å². The number of methoxy groups -OCH3 is 1. The molecule has 1 aromatic rings. The van der Waals surface area contributed by atoms with E-state index in [2.05, 4.69) is 39.0 Å². The molecule has 1 aliphatic rings. The molecule has 1 saturated carbocycles. The first-order valence-electron chi connectivity index (χ1n) is 7.37. The fraction of sp³-hybridized carbons (Fsp3) is 0.647. The Morgan fingerprint density at radius 1 is 1.37 bits per heavy atom. The van der Waals surface area contributed by atoms with Crippen LogP contribution in [0.4, 0.5) is 0 Å². The number of hydrogen-bond acceptors (Lipinski definition) is 2. The van der Waals surface area contributed by atoms with Gasteiger partial charge >= 0.3 is 0 Å². The summed E-state index contributed by atoms with van der Waals surface area (Å²) in [5.41, 5.74) is 9.17. The molecule has 0 heterocycles. The van der Waals surface area contributed by atoms with Gasteiger partial charge < -0.3 is 10.5 Å². The van der Waals surface area contributed by atoms with Crippen LogP contribution in [0.5, 0.6) is 5.75 Å². The molecule has 19 heavy (non-hydrogen) atoms. The molecule has 106 valence electrons. The fourth-order valence-electron chi connectivity index (χ4n) is 3.38. The van der Waals surface area contributed by atoms with Gasteiger partial charge in [-0.2, -0.15) is 0 Å². The van der Waals surface area contributed by atoms with Crippen LogP contribution in [0.25, 0.3) is 0 Å². The first kappa shape index (κ1) is 14.4. The van der Waals surface area contributed by atoms with E-state index in [0.717, 1.165) is 24.5 Å². The molecule has 2 heteroatoms. The van der Waals surface area contributed by atoms with E-state index in [-0.39, 0.29) is 5.54 Å². The minimum absolute atomic E-state index is 0.0758. The Morgan fingerprint density at radius 3 is 2.74 bits per heavy atom. The lowest BCUT2D eigenvalue weighted by atomic mass is 9.68. The molecular weight excluding hydrogens is 234 g/mol. The van der Waals surface area contributed by atoms with Gasteiger partial charge in [0.15, 0.2) is 0 Å². The second-order valence-corrected chi connectivity index (χ2v) is 6.51. The van der Waals surface area contributed by atoms with Crippen LogP contribution >= 0.6 is 0 Å². The largest absolute Gasteiger partial charge is 0.496 e. The number of nitrogens with two attached hydrogens (primary N) is 1. The van der Waals surface area contributed by atoms with Crippen LogP contribution < -0.4 is 10.5 Å². The van der Waals surface area contributed by atoms with Gasteiger partial charge in [-0.1, -0.05) is 31.5 Å². The van der Waals surface area contributed by atoms with E-state index in [9.17, 15) is 0 Å². The zero-order valence-corrected chi connectivity index (χ0v) is 12.7. The molecule has 1 aliphatic carbocycles. The lowest BCUT2D eigenvalue weighted by molar-refractivity contribution is 0.162. The zero-order valence-electron chi connectivity index (χ0n) is 12.7. The van der Waals surface area contributed by atoms with Crippen LogP contribution in [0, 0.1) is 18.8 Å². The lowest BCUT2D eigenvalue weighted by Gasteiger charge is -2.42. The molecule has 0 bridgehead atoms. The Hall–Kier alpha value is -1.02. The van der Waals surface area contributed by atoms with Crippen LogP contribution in [0.3, 0.4) is 0 Å². The molecule has 1 fully saturated rings. The highest BCUT2D eigenvalue weighted by atomic mass is 16.5. The van der Waals surface area contributed by atoms with Gasteiger partial charge in [0.25, 0.3) is 0 Å². The van der Waals surface area contributed by atoms with Gasteiger partial charge in [0.2, 0.25) is 0 Å². The third-order valence-corrected chi connectivity index (χ3v) is 4.80. The zero-order chi connectivity index (χ0) is 14.0. The monoisotopic (exact) mass is 261 g/mol. The van der Waals surface area contributed by atoms with E-state index in [1.54, 1.807) is 7.11 Å². The number of hydrogen-bond donors (Lipinski definition) is 1. The lowest BCUT2D eigenvalue weighted by Crippen LogP contribution is -2.51. The minimum Gasteiger partial charge on any atom is -0.496 e. The summed E-state index contributed by atoms with van der Waals surface area (Å²) >= 11 is 0. The van der Waals surface area contributed by atoms with Crippen molar-refractivity contribution in [2.75, 3.05) is 7.11 Å². The average Bonchev–Trinajstić information content (AvgIpc) is 2.35. The van der Waals surface area contributed by atoms with E-state index in [1.165, 1.54) is 24.0 Å². The van der Waals surface area contributed by atoms with Crippen LogP contribution in [-0.2, 0) is 6.42 Å². The molecule has 0 radical (unpaired) electrons. The van der Waals surface area contributed by atoms with Crippen LogP contribution in [0.15, 0.2) is 18.2 Å². The molecule has 0 amide bonds. The summed E-state index contributed by atoms with van der Waals surface area (Å²) in [5, 5.41) is 0. The summed E-state index contributed by atoms with van der Waals surface area (Å²) < 4.78 is 5.49. The molecule has 0 spiro atoms. The second-order valence-electron chi connectivity index (χ2n) is 6.51. The maximum Gasteiger partial charge on any atom is 0.122 e. The minimum atomic E-state index is -0.0758. The quantitative estimate of drug-likeness (QED) is 0.900. The number of aryl methyl sites for hydroxylation is 1. The van der Waals surface area contributed by atoms with Crippen molar-refractivity contribution in [3.8, 4) is 5.75 Å². The van der Waals surface area contributed by atoms with Crippen LogP contribution in [0.2, 0.25) is 0 Å². The maximum absolute atomic E-state index is 6.71. The maximum atomic E-state index is 6.71. The predicted octanol–water partition coefficient (Wildman–Crippen LogP) is 3.70. The van der Waals surface area contributed by atoms with E-state index < -0.39 is 0 Å². The van der Waals surface area contributed by atoms with Crippen molar-refractivity contribution < 1.29 is 4.74 Å². The van der Waals surface area contributed by atoms with Gasteiger partial charge in [-0.3, -0.25) is 0 Å². The molecule has 2 N–H and O–H groups in total. The van der Waals surface area contributed by atoms with Gasteiger partial charge in [0.05, 0.1) is 7.11 Å². The summed E-state index contributed by atoms with van der Waals surface area (Å²) in [7, 11) is 1.74. The predicted molar refractivity (Wildman–Crippen MR) is 80.5 cm³/mol. The van der Waals surface area contributed by atoms with Crippen LogP contribution in [-0.4, -0.2) is 12.6 Å². The Bertz CT molecular complexity index is 443. The molecule has 3 unspecified atom stereocenters. The normalized spacial score (nSPS) is 31.2. The average molecular weight is 261 g/mol. The summed E-state index contributed by atoms with van der Waals surface area (Å²) in [6, 6.07) is 6.38. The highest BCUT2D eigenvalue weighted by molar-refractivity contribution is 5.38. The highest BCUT2D eigenvalue weighted by Crippen LogP contribution is 2.38. The van der Waals surface area contributed by atoms with E-state index in [4.69, 9.17) is 10.5 Å². The fourth-order valence-corrected chi connectivity index (χ4v) is 3.38. The number of ether oxygens (including phenoxy) is 1. The second kappa shape index (κ2) is 5.54. The number of benzene rings is 1. The summed E-state index contributed by atoms with van der Waals surface area (Å²) in [5.74, 6) is 2.36. The van der Waals surface area contributed by atoms with Crippen molar-refractivity contribution in [1.29, 1.82) is 0 Å². The van der Waals surface area contributed by atoms with E-state index in [0.29, 0.717) is 5.92 Å². The Labute approximate surface area is 117 Å². The van der Waals surface area contributed by atoms with Crippen molar-refractivity contribution in [2.24, 2.45) is 17.6 Å². The van der Waals surface area contributed by atoms with Gasteiger partial charge in [-0.05, 0) is 56.1 Å². The van der Waals surface area contributed by atoms with Crippen molar-refractivity contribution in [1.82, 2.24) is 0 Å². The molecule has 1 aromatic carbocycles. The summed E-state index contributed by atoms with van der Waals surface area (Å²) in [6.45, 7) is 6.76. The third-order valence-electron chi connectivity index (χ3n) is 4.80. The molecule has 0 saturated heterocycles. The topological polar surface area (TPSA) is 35.2 Å². The molecule has 2 rings (SSSR count). The number of rotatable bonds is 3. The Balaban J connectivity index is 2.22. The summed E-state index contributed by atoms with van der Waals surface area (Å²) in [6.07, 6.45) is 4.53. The molecule has 2 nitrogen and oxygen atoms in total. The van der Waals surface area contributed by atoms with Crippen molar-refractivity contribution in [2.45, 2.75) is 52.0 Å². The van der Waals surface area contributed by atoms with Crippen molar-refractivity contribution in [3.05, 3.63) is 29.3 Å². The molecular formula is C17H27NO. The molecule has 3 atom stereocenters. The molecule has 0 aromatic heterocycles. The Kier molecular flexibility index (Phi) is 4.19. The van der Waals surface area contributed by atoms with Gasteiger partial charge in [0, 0.05) is 5.54 Å². The Morgan fingerprint density at radius 2 is 2.11 bits per heavy atom. The third kappa shape index (κ3) is 3.11. The summed E-state index contributed by atoms with van der Waals surface area (Å²) in [4.78, 5) is 0. The van der Waals surface area contributed by atoms with Gasteiger partial charge in [0.1, 0.15) is 5.75 Å². The van der Waals surface area contributed by atoms with Gasteiger partial charge in [-0.15, -0.1) is 0 Å². The van der Waals surface area contributed by atoms with Gasteiger partial charge in [-0.25, -0.2) is 0 Å². The molecule has 0 aliphatic heterocycles. The van der Waals surface area contributed by atoms with Crippen molar-refractivity contribution in [3.63, 3.8) is 0 Å².